The van der Waals surface area contributed by atoms with Crippen molar-refractivity contribution in [2.24, 2.45) is 0 Å². The summed E-state index contributed by atoms with van der Waals surface area (Å²) in [4.78, 5) is 16.2. The lowest BCUT2D eigenvalue weighted by Gasteiger charge is -2.12. The molecule has 156 valence electrons. The van der Waals surface area contributed by atoms with E-state index in [1.165, 1.54) is 12.3 Å². The van der Waals surface area contributed by atoms with E-state index in [-0.39, 0.29) is 10.8 Å². The van der Waals surface area contributed by atoms with Crippen molar-refractivity contribution in [1.82, 2.24) is 9.55 Å². The summed E-state index contributed by atoms with van der Waals surface area (Å²) in [5, 5.41) is 12.6. The van der Waals surface area contributed by atoms with E-state index >= 15 is 0 Å². The molecule has 3 heterocycles. The van der Waals surface area contributed by atoms with Gasteiger partial charge in [0, 0.05) is 11.9 Å². The fourth-order valence-electron chi connectivity index (χ4n) is 2.83. The number of alkyl halides is 3. The molecule has 30 heavy (non-hydrogen) atoms. The van der Waals surface area contributed by atoms with Gasteiger partial charge < -0.3 is 14.3 Å². The number of rotatable bonds is 6. The minimum absolute atomic E-state index is 0.0761. The summed E-state index contributed by atoms with van der Waals surface area (Å²) in [6.45, 7) is 3.98. The Morgan fingerprint density at radius 1 is 1.33 bits per heavy atom. The van der Waals surface area contributed by atoms with Crippen molar-refractivity contribution in [2.45, 2.75) is 31.6 Å². The number of carbonyl (C=O) groups is 1. The number of nitriles is 1. The molecule has 0 radical (unpaired) electrons. The molecule has 3 rings (SSSR count). The number of furan rings is 1. The van der Waals surface area contributed by atoms with Crippen LogP contribution in [0.4, 0.5) is 19.0 Å². The first-order valence-corrected chi connectivity index (χ1v) is 9.77. The van der Waals surface area contributed by atoms with Crippen molar-refractivity contribution in [3.8, 4) is 6.07 Å². The predicted molar refractivity (Wildman–Crippen MR) is 105 cm³/mol. The molecule has 0 atom stereocenters. The topological polar surface area (TPSA) is 83.9 Å². The number of halogens is 3. The smallest absolute Gasteiger partial charge is 0.417 e. The molecule has 0 aliphatic heterocycles. The SMILES string of the molecule is Cc1c(C#N)c(NC(=O)CSc2ccc(C(F)(F)F)cn2)n(Cc2ccco2)c1C. The molecule has 0 aliphatic carbocycles. The van der Waals surface area contributed by atoms with E-state index in [2.05, 4.69) is 16.4 Å². The molecule has 0 aliphatic rings. The van der Waals surface area contributed by atoms with Crippen molar-refractivity contribution in [3.05, 3.63) is 64.9 Å². The first-order chi connectivity index (χ1) is 14.2. The Morgan fingerprint density at radius 3 is 2.67 bits per heavy atom. The lowest BCUT2D eigenvalue weighted by molar-refractivity contribution is -0.137. The summed E-state index contributed by atoms with van der Waals surface area (Å²) in [5.74, 6) is 0.537. The number of hydrogen-bond donors (Lipinski definition) is 1. The molecule has 1 N–H and O–H groups in total. The van der Waals surface area contributed by atoms with Crippen LogP contribution in [0, 0.1) is 25.2 Å². The lowest BCUT2D eigenvalue weighted by atomic mass is 10.2. The number of carbonyl (C=O) groups excluding carboxylic acids is 1. The molecule has 10 heteroatoms. The monoisotopic (exact) mass is 434 g/mol. The molecule has 0 fully saturated rings. The number of amides is 1. The fourth-order valence-corrected chi connectivity index (χ4v) is 3.47. The highest BCUT2D eigenvalue weighted by molar-refractivity contribution is 7.99. The van der Waals surface area contributed by atoms with E-state index in [1.807, 2.05) is 6.92 Å². The summed E-state index contributed by atoms with van der Waals surface area (Å²) in [7, 11) is 0. The standard InChI is InChI=1S/C20H17F3N4O2S/c1-12-13(2)27(10-15-4-3-7-29-15)19(16(12)8-24)26-17(28)11-30-18-6-5-14(9-25-18)20(21,22)23/h3-7,9H,10-11H2,1-2H3,(H,26,28). The summed E-state index contributed by atoms with van der Waals surface area (Å²) in [6.07, 6.45) is -2.19. The van der Waals surface area contributed by atoms with Gasteiger partial charge in [-0.3, -0.25) is 4.79 Å². The van der Waals surface area contributed by atoms with E-state index in [0.29, 0.717) is 23.7 Å². The van der Waals surface area contributed by atoms with Crippen LogP contribution in [-0.2, 0) is 17.5 Å². The summed E-state index contributed by atoms with van der Waals surface area (Å²) < 4.78 is 45.0. The molecular formula is C20H17F3N4O2S. The van der Waals surface area contributed by atoms with Gasteiger partial charge >= 0.3 is 6.18 Å². The number of anilines is 1. The van der Waals surface area contributed by atoms with Crippen LogP contribution in [0.5, 0.6) is 0 Å². The van der Waals surface area contributed by atoms with Gasteiger partial charge in [0.25, 0.3) is 0 Å². The van der Waals surface area contributed by atoms with Gasteiger partial charge in [0.1, 0.15) is 17.6 Å². The van der Waals surface area contributed by atoms with E-state index in [9.17, 15) is 23.2 Å². The average molecular weight is 434 g/mol. The first kappa shape index (κ1) is 21.5. The Bertz CT molecular complexity index is 1080. The van der Waals surface area contributed by atoms with E-state index in [0.717, 1.165) is 35.3 Å². The molecule has 6 nitrogen and oxygen atoms in total. The maximum Gasteiger partial charge on any atom is 0.417 e. The largest absolute Gasteiger partial charge is 0.467 e. The zero-order valence-corrected chi connectivity index (χ0v) is 16.9. The summed E-state index contributed by atoms with van der Waals surface area (Å²) in [6, 6.07) is 7.79. The third kappa shape index (κ3) is 4.68. The fraction of sp³-hybridized carbons (Fsp3) is 0.250. The van der Waals surface area contributed by atoms with Crippen molar-refractivity contribution >= 4 is 23.5 Å². The molecule has 0 spiro atoms. The maximum absolute atomic E-state index is 12.6. The molecule has 0 saturated carbocycles. The molecule has 0 unspecified atom stereocenters. The highest BCUT2D eigenvalue weighted by Crippen LogP contribution is 2.30. The average Bonchev–Trinajstić information content (AvgIpc) is 3.29. The van der Waals surface area contributed by atoms with Gasteiger partial charge in [0.2, 0.25) is 5.91 Å². The third-order valence-corrected chi connectivity index (χ3v) is 5.45. The Hall–Kier alpha value is -3.19. The van der Waals surface area contributed by atoms with Crippen LogP contribution < -0.4 is 5.32 Å². The highest BCUT2D eigenvalue weighted by atomic mass is 32.2. The zero-order valence-electron chi connectivity index (χ0n) is 16.1. The Labute approximate surface area is 174 Å². The van der Waals surface area contributed by atoms with Gasteiger partial charge in [-0.25, -0.2) is 4.98 Å². The van der Waals surface area contributed by atoms with E-state index < -0.39 is 17.6 Å². The van der Waals surface area contributed by atoms with Crippen LogP contribution in [0.25, 0.3) is 0 Å². The minimum atomic E-state index is -4.46. The van der Waals surface area contributed by atoms with Gasteiger partial charge in [0.15, 0.2) is 0 Å². The van der Waals surface area contributed by atoms with Crippen molar-refractivity contribution < 1.29 is 22.4 Å². The first-order valence-electron chi connectivity index (χ1n) is 8.78. The second-order valence-corrected chi connectivity index (χ2v) is 7.43. The number of nitrogens with zero attached hydrogens (tertiary/aromatic N) is 3. The second-order valence-electron chi connectivity index (χ2n) is 6.43. The second kappa shape index (κ2) is 8.67. The van der Waals surface area contributed by atoms with Gasteiger partial charge in [-0.15, -0.1) is 0 Å². The van der Waals surface area contributed by atoms with Crippen molar-refractivity contribution in [3.63, 3.8) is 0 Å². The van der Waals surface area contributed by atoms with Crippen molar-refractivity contribution in [2.75, 3.05) is 11.1 Å². The normalized spacial score (nSPS) is 11.3. The number of hydrogen-bond acceptors (Lipinski definition) is 5. The van der Waals surface area contributed by atoms with Crippen LogP contribution in [0.3, 0.4) is 0 Å². The van der Waals surface area contributed by atoms with E-state index in [1.54, 1.807) is 23.6 Å². The summed E-state index contributed by atoms with van der Waals surface area (Å²) >= 11 is 1.00. The third-order valence-electron chi connectivity index (χ3n) is 4.51. The Balaban J connectivity index is 1.73. The zero-order chi connectivity index (χ0) is 21.9. The molecule has 0 saturated heterocycles. The van der Waals surface area contributed by atoms with Gasteiger partial charge in [-0.2, -0.15) is 18.4 Å². The van der Waals surface area contributed by atoms with Crippen LogP contribution in [-0.4, -0.2) is 21.2 Å². The number of pyridine rings is 1. The quantitative estimate of drug-likeness (QED) is 0.566. The van der Waals surface area contributed by atoms with Crippen LogP contribution >= 0.6 is 11.8 Å². The molecule has 0 bridgehead atoms. The van der Waals surface area contributed by atoms with Crippen molar-refractivity contribution in [1.29, 1.82) is 5.26 Å². The van der Waals surface area contributed by atoms with Crippen LogP contribution in [0.15, 0.2) is 46.2 Å². The molecule has 3 aromatic heterocycles. The number of aromatic nitrogens is 2. The van der Waals surface area contributed by atoms with Crippen LogP contribution in [0.2, 0.25) is 0 Å². The Morgan fingerprint density at radius 2 is 2.10 bits per heavy atom. The minimum Gasteiger partial charge on any atom is -0.467 e. The van der Waals surface area contributed by atoms with E-state index in [4.69, 9.17) is 4.42 Å². The van der Waals surface area contributed by atoms with Gasteiger partial charge in [0.05, 0.1) is 34.7 Å². The van der Waals surface area contributed by atoms with Gasteiger partial charge in [-0.1, -0.05) is 11.8 Å². The maximum atomic E-state index is 12.6. The van der Waals surface area contributed by atoms with Gasteiger partial charge in [-0.05, 0) is 43.7 Å². The molecule has 3 aromatic rings. The predicted octanol–water partition coefficient (Wildman–Crippen LogP) is 4.76. The number of nitrogens with one attached hydrogen (secondary N) is 1. The summed E-state index contributed by atoms with van der Waals surface area (Å²) in [5.41, 5.74) is 1.06. The molecule has 0 aromatic carbocycles. The highest BCUT2D eigenvalue weighted by Gasteiger charge is 2.30. The molecular weight excluding hydrogens is 417 g/mol. The lowest BCUT2D eigenvalue weighted by Crippen LogP contribution is -2.18. The Kier molecular flexibility index (Phi) is 6.22. The molecule has 1 amide bonds. The number of thioether (sulfide) groups is 1. The van der Waals surface area contributed by atoms with Crippen LogP contribution in [0.1, 0.15) is 28.1 Å².